The lowest BCUT2D eigenvalue weighted by Gasteiger charge is -2.37. The molecule has 2 rings (SSSR count). The first kappa shape index (κ1) is 15.3. The van der Waals surface area contributed by atoms with Crippen LogP contribution in [0.4, 0.5) is 5.69 Å². The molecule has 0 radical (unpaired) electrons. The molecule has 1 aliphatic rings. The number of benzene rings is 1. The van der Waals surface area contributed by atoms with Crippen LogP contribution in [-0.2, 0) is 6.54 Å². The van der Waals surface area contributed by atoms with Crippen LogP contribution in [0.5, 0.6) is 0 Å². The minimum atomic E-state index is 0.747. The summed E-state index contributed by atoms with van der Waals surface area (Å²) in [6, 6.07) is 9.60. The molecule has 0 unspecified atom stereocenters. The quantitative estimate of drug-likeness (QED) is 0.805. The number of hydrogen-bond donors (Lipinski definition) is 1. The Morgan fingerprint density at radius 3 is 2.55 bits per heavy atom. The summed E-state index contributed by atoms with van der Waals surface area (Å²) in [6.07, 6.45) is 3.73. The zero-order valence-electron chi connectivity index (χ0n) is 13.2. The van der Waals surface area contributed by atoms with Crippen molar-refractivity contribution in [1.29, 1.82) is 0 Å². The van der Waals surface area contributed by atoms with Crippen LogP contribution >= 0.6 is 0 Å². The Balaban J connectivity index is 1.98. The summed E-state index contributed by atoms with van der Waals surface area (Å²) in [6.45, 7) is 6.64. The number of para-hydroxylation sites is 1. The number of nitrogens with one attached hydrogen (secondary N) is 1. The average molecular weight is 275 g/mol. The molecule has 1 heterocycles. The molecule has 1 fully saturated rings. The lowest BCUT2D eigenvalue weighted by Crippen LogP contribution is -2.42. The van der Waals surface area contributed by atoms with Crippen LogP contribution in [0.1, 0.15) is 31.7 Å². The largest absolute Gasteiger partial charge is 0.371 e. The zero-order chi connectivity index (χ0) is 14.4. The lowest BCUT2D eigenvalue weighted by molar-refractivity contribution is 0.249. The molecule has 1 aromatic carbocycles. The van der Waals surface area contributed by atoms with E-state index in [1.807, 2.05) is 0 Å². The predicted molar refractivity (Wildman–Crippen MR) is 87.4 cm³/mol. The van der Waals surface area contributed by atoms with Gasteiger partial charge in [0.2, 0.25) is 0 Å². The monoisotopic (exact) mass is 275 g/mol. The van der Waals surface area contributed by atoms with Crippen molar-refractivity contribution in [3.8, 4) is 0 Å². The molecular formula is C17H29N3. The second kappa shape index (κ2) is 7.65. The van der Waals surface area contributed by atoms with E-state index >= 15 is 0 Å². The summed E-state index contributed by atoms with van der Waals surface area (Å²) in [5.74, 6) is 0. The van der Waals surface area contributed by atoms with Crippen LogP contribution in [0.25, 0.3) is 0 Å². The van der Waals surface area contributed by atoms with Crippen molar-refractivity contribution in [2.75, 3.05) is 38.6 Å². The molecule has 3 nitrogen and oxygen atoms in total. The summed E-state index contributed by atoms with van der Waals surface area (Å²) in [5, 5.41) is 3.52. The Morgan fingerprint density at radius 1 is 1.20 bits per heavy atom. The fourth-order valence-corrected chi connectivity index (χ4v) is 2.99. The van der Waals surface area contributed by atoms with Crippen molar-refractivity contribution >= 4 is 5.69 Å². The first-order valence-corrected chi connectivity index (χ1v) is 7.92. The van der Waals surface area contributed by atoms with Crippen molar-refractivity contribution in [2.45, 2.75) is 38.8 Å². The van der Waals surface area contributed by atoms with Gasteiger partial charge in [-0.1, -0.05) is 25.1 Å². The Bertz CT molecular complexity index is 395. The second-order valence-electron chi connectivity index (χ2n) is 5.99. The summed E-state index contributed by atoms with van der Waals surface area (Å²) < 4.78 is 0. The predicted octanol–water partition coefficient (Wildman–Crippen LogP) is 2.72. The first-order chi connectivity index (χ1) is 9.72. The van der Waals surface area contributed by atoms with Crippen molar-refractivity contribution < 1.29 is 0 Å². The molecular weight excluding hydrogens is 246 g/mol. The number of piperidine rings is 1. The Hall–Kier alpha value is -1.06. The molecule has 3 heteroatoms. The van der Waals surface area contributed by atoms with E-state index in [2.05, 4.69) is 60.4 Å². The minimum absolute atomic E-state index is 0.747. The summed E-state index contributed by atoms with van der Waals surface area (Å²) in [5.41, 5.74) is 2.86. The molecule has 112 valence electrons. The molecule has 20 heavy (non-hydrogen) atoms. The van der Waals surface area contributed by atoms with Crippen LogP contribution in [0.2, 0.25) is 0 Å². The van der Waals surface area contributed by atoms with E-state index in [4.69, 9.17) is 0 Å². The van der Waals surface area contributed by atoms with Crippen molar-refractivity contribution in [1.82, 2.24) is 10.2 Å². The van der Waals surface area contributed by atoms with Crippen LogP contribution in [0.15, 0.2) is 24.3 Å². The highest BCUT2D eigenvalue weighted by molar-refractivity contribution is 5.54. The van der Waals surface area contributed by atoms with Gasteiger partial charge in [0.15, 0.2) is 0 Å². The third-order valence-corrected chi connectivity index (χ3v) is 4.27. The molecule has 1 saturated heterocycles. The minimum Gasteiger partial charge on any atom is -0.371 e. The third-order valence-electron chi connectivity index (χ3n) is 4.27. The van der Waals surface area contributed by atoms with Gasteiger partial charge in [-0.25, -0.2) is 0 Å². The number of rotatable bonds is 6. The molecule has 1 aromatic rings. The molecule has 0 saturated carbocycles. The van der Waals surface area contributed by atoms with Gasteiger partial charge in [-0.15, -0.1) is 0 Å². The Labute approximate surface area is 124 Å². The molecule has 1 N–H and O–H groups in total. The van der Waals surface area contributed by atoms with Gasteiger partial charge in [-0.2, -0.15) is 0 Å². The van der Waals surface area contributed by atoms with Gasteiger partial charge in [0.1, 0.15) is 0 Å². The van der Waals surface area contributed by atoms with Gasteiger partial charge in [-0.05, 0) is 51.5 Å². The Kier molecular flexibility index (Phi) is 5.86. The number of hydrogen-bond acceptors (Lipinski definition) is 3. The van der Waals surface area contributed by atoms with E-state index in [0.29, 0.717) is 0 Å². The van der Waals surface area contributed by atoms with Crippen molar-refractivity contribution in [3.63, 3.8) is 0 Å². The van der Waals surface area contributed by atoms with E-state index in [9.17, 15) is 0 Å². The van der Waals surface area contributed by atoms with Crippen LogP contribution in [0, 0.1) is 0 Å². The smallest absolute Gasteiger partial charge is 0.0411 e. The maximum Gasteiger partial charge on any atom is 0.0411 e. The normalized spacial score (nSPS) is 16.9. The summed E-state index contributed by atoms with van der Waals surface area (Å²) in [4.78, 5) is 4.93. The molecule has 0 aromatic heterocycles. The highest BCUT2D eigenvalue weighted by atomic mass is 15.2. The standard InChI is InChI=1S/C17H29N3/c1-4-11-18-14-15-7-5-6-8-17(15)20-12-9-16(10-13-20)19(2)3/h5-8,16,18H,4,9-14H2,1-3H3. The highest BCUT2D eigenvalue weighted by Gasteiger charge is 2.21. The van der Waals surface area contributed by atoms with Gasteiger partial charge in [0.05, 0.1) is 0 Å². The van der Waals surface area contributed by atoms with E-state index in [1.54, 1.807) is 0 Å². The van der Waals surface area contributed by atoms with Crippen molar-refractivity contribution in [2.24, 2.45) is 0 Å². The number of anilines is 1. The second-order valence-corrected chi connectivity index (χ2v) is 5.99. The maximum absolute atomic E-state index is 3.52. The highest BCUT2D eigenvalue weighted by Crippen LogP contribution is 2.25. The fourth-order valence-electron chi connectivity index (χ4n) is 2.99. The van der Waals surface area contributed by atoms with E-state index in [-0.39, 0.29) is 0 Å². The maximum atomic E-state index is 3.52. The fraction of sp³-hybridized carbons (Fsp3) is 0.647. The number of nitrogens with zero attached hydrogens (tertiary/aromatic N) is 2. The first-order valence-electron chi connectivity index (χ1n) is 7.92. The zero-order valence-corrected chi connectivity index (χ0v) is 13.2. The van der Waals surface area contributed by atoms with Crippen LogP contribution in [0.3, 0.4) is 0 Å². The molecule has 0 atom stereocenters. The van der Waals surface area contributed by atoms with E-state index in [0.717, 1.165) is 19.1 Å². The topological polar surface area (TPSA) is 18.5 Å². The Morgan fingerprint density at radius 2 is 1.90 bits per heavy atom. The lowest BCUT2D eigenvalue weighted by atomic mass is 10.0. The van der Waals surface area contributed by atoms with Crippen LogP contribution in [-0.4, -0.2) is 44.7 Å². The average Bonchev–Trinajstić information content (AvgIpc) is 2.48. The van der Waals surface area contributed by atoms with E-state index in [1.165, 1.54) is 43.6 Å². The molecule has 0 bridgehead atoms. The molecule has 1 aliphatic heterocycles. The van der Waals surface area contributed by atoms with Crippen molar-refractivity contribution in [3.05, 3.63) is 29.8 Å². The van der Waals surface area contributed by atoms with Gasteiger partial charge in [-0.3, -0.25) is 0 Å². The van der Waals surface area contributed by atoms with Gasteiger partial charge >= 0.3 is 0 Å². The van der Waals surface area contributed by atoms with Gasteiger partial charge < -0.3 is 15.1 Å². The molecule has 0 amide bonds. The van der Waals surface area contributed by atoms with Crippen LogP contribution < -0.4 is 10.2 Å². The molecule has 0 spiro atoms. The van der Waals surface area contributed by atoms with E-state index < -0.39 is 0 Å². The summed E-state index contributed by atoms with van der Waals surface area (Å²) >= 11 is 0. The third kappa shape index (κ3) is 3.97. The van der Waals surface area contributed by atoms with Gasteiger partial charge in [0.25, 0.3) is 0 Å². The van der Waals surface area contributed by atoms with Gasteiger partial charge in [0, 0.05) is 31.4 Å². The summed E-state index contributed by atoms with van der Waals surface area (Å²) in [7, 11) is 4.39. The molecule has 0 aliphatic carbocycles. The SMILES string of the molecule is CCCNCc1ccccc1N1CCC(N(C)C)CC1.